The van der Waals surface area contributed by atoms with Gasteiger partial charge in [0.15, 0.2) is 0 Å². The summed E-state index contributed by atoms with van der Waals surface area (Å²) in [6.45, 7) is 0. The van der Waals surface area contributed by atoms with Gasteiger partial charge in [-0.05, 0) is 0 Å². The van der Waals surface area contributed by atoms with E-state index in [0.29, 0.717) is 25.7 Å². The molecule has 2 saturated heterocycles. The van der Waals surface area contributed by atoms with Crippen LogP contribution < -0.4 is 17.5 Å². The Morgan fingerprint density at radius 3 is 1.17 bits per heavy atom. The minimum absolute atomic E-state index is 0.146. The third kappa shape index (κ3) is 4.79. The van der Waals surface area contributed by atoms with Crippen molar-refractivity contribution in [2.45, 2.75) is 55.6 Å². The fourth-order valence-corrected chi connectivity index (χ4v) is 17.7. The molecule has 2 aliphatic heterocycles. The zero-order valence-corrected chi connectivity index (χ0v) is 27.1. The van der Waals surface area contributed by atoms with Crippen molar-refractivity contribution in [2.75, 3.05) is 9.80 Å². The number of benzene rings is 2. The number of hydrogen-bond donors (Lipinski definition) is 4. The molecule has 2 aromatic rings. The fraction of sp³-hybridized carbons (Fsp3) is 0.333. The van der Waals surface area contributed by atoms with E-state index in [2.05, 4.69) is 50.5 Å². The molecule has 2 fully saturated rings. The Morgan fingerprint density at radius 1 is 0.537 bits per heavy atom. The van der Waals surface area contributed by atoms with Crippen LogP contribution in [0.3, 0.4) is 0 Å². The molecule has 41 heavy (non-hydrogen) atoms. The molecule has 2 aromatic carbocycles. The molecule has 2 aliphatic carbocycles. The predicted molar refractivity (Wildman–Crippen MR) is 171 cm³/mol. The first kappa shape index (κ1) is 29.9. The third-order valence-electron chi connectivity index (χ3n) is 8.72. The number of rotatable bonds is 6. The van der Waals surface area contributed by atoms with Crippen LogP contribution in [0.1, 0.15) is 25.7 Å². The van der Waals surface area contributed by atoms with Crippen molar-refractivity contribution < 1.29 is 34.2 Å². The Bertz CT molecular complexity index is 1330. The van der Waals surface area contributed by atoms with E-state index in [1.165, 1.54) is 24.3 Å². The van der Waals surface area contributed by atoms with Crippen LogP contribution in [0.2, 0.25) is 8.45 Å². The third-order valence-corrected chi connectivity index (χ3v) is 19.3. The number of allylic oxidation sites excluding steroid dienone is 8. The molecular formula is C30H30F4N2S4Ti. The van der Waals surface area contributed by atoms with Gasteiger partial charge in [0.25, 0.3) is 0 Å². The van der Waals surface area contributed by atoms with Crippen molar-refractivity contribution in [1.82, 2.24) is 0 Å². The SMILES string of the molecule is Fc1ccc(N2C(S)CCC2S)c(F)[c]1[Ti]([c]1c(F)ccc(N2C(S)CCC2S)c1F)([CH]1C=CC=C1)[CH]1C=CC=C1. The van der Waals surface area contributed by atoms with Gasteiger partial charge in [0.2, 0.25) is 0 Å². The van der Waals surface area contributed by atoms with Gasteiger partial charge in [-0.1, -0.05) is 0 Å². The number of halogens is 4. The molecule has 0 bridgehead atoms. The van der Waals surface area contributed by atoms with E-state index in [4.69, 9.17) is 0 Å². The molecule has 2 nitrogen and oxygen atoms in total. The molecule has 216 valence electrons. The maximum absolute atomic E-state index is 17.1. The van der Waals surface area contributed by atoms with Crippen LogP contribution >= 0.6 is 50.5 Å². The quantitative estimate of drug-likeness (QED) is 0.145. The topological polar surface area (TPSA) is 6.48 Å². The van der Waals surface area contributed by atoms with Crippen LogP contribution in [-0.4, -0.2) is 21.5 Å². The van der Waals surface area contributed by atoms with E-state index in [-0.39, 0.29) is 40.6 Å². The van der Waals surface area contributed by atoms with Gasteiger partial charge in [-0.3, -0.25) is 0 Å². The van der Waals surface area contributed by atoms with Crippen molar-refractivity contribution in [3.63, 3.8) is 0 Å². The van der Waals surface area contributed by atoms with Crippen LogP contribution in [0.5, 0.6) is 0 Å². The monoisotopic (exact) mass is 670 g/mol. The predicted octanol–water partition coefficient (Wildman–Crippen LogP) is 7.40. The summed E-state index contributed by atoms with van der Waals surface area (Å²) in [7, 11) is 0. The summed E-state index contributed by atoms with van der Waals surface area (Å²) in [5.41, 5.74) is 0.293. The van der Waals surface area contributed by atoms with E-state index in [1.807, 2.05) is 24.3 Å². The molecule has 4 unspecified atom stereocenters. The standard InChI is InChI=1S/2C10H10F2NS2.2C5H5.Ti/c2*11-6-1-2-8(7(12)5-6)13-9(14)3-4-10(13)15;2*1-2-4-5-3-1;/h2*1-2,9-10,14-15H,3-4H2;2*1-5H;. The van der Waals surface area contributed by atoms with Crippen LogP contribution in [0.15, 0.2) is 72.9 Å². The molecule has 0 amide bonds. The van der Waals surface area contributed by atoms with Gasteiger partial charge < -0.3 is 0 Å². The molecule has 4 atom stereocenters. The molecule has 11 heteroatoms. The molecular weight excluding hydrogens is 640 g/mol. The zero-order chi connectivity index (χ0) is 29.1. The van der Waals surface area contributed by atoms with E-state index in [0.717, 1.165) is 0 Å². The Balaban J connectivity index is 1.70. The fourth-order valence-electron chi connectivity index (χ4n) is 6.92. The summed E-state index contributed by atoms with van der Waals surface area (Å²) in [5.74, 6) is -3.19. The summed E-state index contributed by atoms with van der Waals surface area (Å²) in [6, 6.07) is 5.24. The van der Waals surface area contributed by atoms with Crippen LogP contribution in [-0.2, 0) is 16.6 Å². The molecule has 2 heterocycles. The Kier molecular flexibility index (Phi) is 8.55. The number of hydrogen-bond acceptors (Lipinski definition) is 6. The average molecular weight is 671 g/mol. The molecule has 4 aliphatic rings. The van der Waals surface area contributed by atoms with Crippen LogP contribution in [0.4, 0.5) is 28.9 Å². The molecule has 0 spiro atoms. The first-order valence-corrected chi connectivity index (χ1v) is 19.1. The molecule has 0 N–H and O–H groups in total. The summed E-state index contributed by atoms with van der Waals surface area (Å²) < 4.78 is 65.4. The van der Waals surface area contributed by atoms with E-state index < -0.39 is 48.3 Å². The minimum atomic E-state index is -4.90. The second-order valence-corrected chi connectivity index (χ2v) is 19.6. The zero-order valence-electron chi connectivity index (χ0n) is 21.9. The number of anilines is 2. The van der Waals surface area contributed by atoms with Gasteiger partial charge in [-0.15, -0.1) is 0 Å². The molecule has 0 saturated carbocycles. The van der Waals surface area contributed by atoms with Gasteiger partial charge in [-0.2, -0.15) is 0 Å². The second kappa shape index (κ2) is 11.7. The average Bonchev–Trinajstić information content (AvgIpc) is 3.75. The summed E-state index contributed by atoms with van der Waals surface area (Å²) >= 11 is 13.7. The van der Waals surface area contributed by atoms with Gasteiger partial charge in [-0.25, -0.2) is 0 Å². The van der Waals surface area contributed by atoms with Crippen molar-refractivity contribution in [2.24, 2.45) is 0 Å². The summed E-state index contributed by atoms with van der Waals surface area (Å²) in [4.78, 5) is 3.45. The number of thiol groups is 4. The molecule has 6 rings (SSSR count). The van der Waals surface area contributed by atoms with Crippen LogP contribution in [0, 0.1) is 23.3 Å². The Morgan fingerprint density at radius 2 is 0.854 bits per heavy atom. The Hall–Kier alpha value is -1.17. The maximum atomic E-state index is 17.1. The van der Waals surface area contributed by atoms with Crippen molar-refractivity contribution >= 4 is 69.6 Å². The van der Waals surface area contributed by atoms with Gasteiger partial charge in [0.05, 0.1) is 0 Å². The first-order valence-electron chi connectivity index (χ1n) is 13.6. The summed E-state index contributed by atoms with van der Waals surface area (Å²) in [6.07, 6.45) is 17.2. The second-order valence-electron chi connectivity index (χ2n) is 10.9. The van der Waals surface area contributed by atoms with Gasteiger partial charge in [0.1, 0.15) is 0 Å². The van der Waals surface area contributed by atoms with Gasteiger partial charge in [0, 0.05) is 0 Å². The van der Waals surface area contributed by atoms with Gasteiger partial charge >= 0.3 is 265 Å². The normalized spacial score (nSPS) is 26.4. The van der Waals surface area contributed by atoms with E-state index in [9.17, 15) is 0 Å². The summed E-state index contributed by atoms with van der Waals surface area (Å²) in [5, 5.41) is -1.29. The molecule has 0 aromatic heterocycles. The molecule has 0 radical (unpaired) electrons. The van der Waals surface area contributed by atoms with Crippen molar-refractivity contribution in [1.29, 1.82) is 0 Å². The van der Waals surface area contributed by atoms with Crippen molar-refractivity contribution in [3.05, 3.63) is 96.1 Å². The van der Waals surface area contributed by atoms with Crippen LogP contribution in [0.25, 0.3) is 0 Å². The number of nitrogens with zero attached hydrogens (tertiary/aromatic N) is 2. The Labute approximate surface area is 263 Å². The van der Waals surface area contributed by atoms with Crippen molar-refractivity contribution in [3.8, 4) is 0 Å². The van der Waals surface area contributed by atoms with E-state index in [1.54, 1.807) is 34.1 Å². The first-order chi connectivity index (χ1) is 19.7. The van der Waals surface area contributed by atoms with E-state index >= 15 is 17.6 Å².